The number of benzene rings is 1. The molecule has 0 spiro atoms. The van der Waals surface area contributed by atoms with Gasteiger partial charge in [0.2, 0.25) is 11.9 Å². The quantitative estimate of drug-likeness (QED) is 0.381. The van der Waals surface area contributed by atoms with E-state index in [-0.39, 0.29) is 36.4 Å². The number of nitrogens with zero attached hydrogens (tertiary/aromatic N) is 6. The molecule has 0 unspecified atom stereocenters. The van der Waals surface area contributed by atoms with Crippen LogP contribution in [0.5, 0.6) is 0 Å². The zero-order valence-electron chi connectivity index (χ0n) is 16.3. The van der Waals surface area contributed by atoms with Gasteiger partial charge in [0, 0.05) is 51.7 Å². The normalized spacial score (nSPS) is 16.8. The van der Waals surface area contributed by atoms with Crippen LogP contribution in [0.1, 0.15) is 11.1 Å². The van der Waals surface area contributed by atoms with E-state index in [0.29, 0.717) is 12.5 Å². The first-order valence-corrected chi connectivity index (χ1v) is 9.62. The minimum Gasteiger partial charge on any atom is -0.370 e. The highest BCUT2D eigenvalue weighted by Gasteiger charge is 2.22. The minimum atomic E-state index is 0. The SMILES string of the molecule is I.NC(=NCC(=O)N1CCc2ccccc2C1)N1CCN(c2ncccn2)CC1. The molecular weight excluding hydrogens is 481 g/mol. The number of carbonyl (C=O) groups is 1. The van der Waals surface area contributed by atoms with Crippen molar-refractivity contribution in [1.29, 1.82) is 0 Å². The molecule has 2 aliphatic rings. The molecular formula is C20H26IN7O. The van der Waals surface area contributed by atoms with Gasteiger partial charge in [0.05, 0.1) is 0 Å². The van der Waals surface area contributed by atoms with Crippen molar-refractivity contribution in [1.82, 2.24) is 19.8 Å². The predicted molar refractivity (Wildman–Crippen MR) is 123 cm³/mol. The number of hydrogen-bond acceptors (Lipinski definition) is 5. The third-order valence-corrected chi connectivity index (χ3v) is 5.30. The van der Waals surface area contributed by atoms with Crippen molar-refractivity contribution in [2.75, 3.05) is 44.2 Å². The highest BCUT2D eigenvalue weighted by molar-refractivity contribution is 14.0. The van der Waals surface area contributed by atoms with Crippen molar-refractivity contribution in [2.45, 2.75) is 13.0 Å². The first kappa shape index (κ1) is 21.3. The van der Waals surface area contributed by atoms with Crippen molar-refractivity contribution in [3.8, 4) is 0 Å². The third kappa shape index (κ3) is 5.14. The summed E-state index contributed by atoms with van der Waals surface area (Å²) >= 11 is 0. The number of nitrogens with two attached hydrogens (primary N) is 1. The maximum Gasteiger partial charge on any atom is 0.244 e. The predicted octanol–water partition coefficient (Wildman–Crippen LogP) is 1.12. The molecule has 0 atom stereocenters. The lowest BCUT2D eigenvalue weighted by Gasteiger charge is -2.35. The number of fused-ring (bicyclic) bond motifs is 1. The van der Waals surface area contributed by atoms with Crippen LogP contribution in [0.25, 0.3) is 0 Å². The van der Waals surface area contributed by atoms with E-state index in [0.717, 1.165) is 45.1 Å². The maximum absolute atomic E-state index is 12.6. The molecule has 8 nitrogen and oxygen atoms in total. The molecule has 0 aliphatic carbocycles. The van der Waals surface area contributed by atoms with Gasteiger partial charge in [-0.15, -0.1) is 24.0 Å². The Morgan fingerprint density at radius 3 is 2.38 bits per heavy atom. The monoisotopic (exact) mass is 507 g/mol. The van der Waals surface area contributed by atoms with Gasteiger partial charge in [-0.2, -0.15) is 0 Å². The number of anilines is 1. The summed E-state index contributed by atoms with van der Waals surface area (Å²) in [7, 11) is 0. The van der Waals surface area contributed by atoms with E-state index in [1.165, 1.54) is 11.1 Å². The number of aromatic nitrogens is 2. The molecule has 1 fully saturated rings. The van der Waals surface area contributed by atoms with Crippen LogP contribution in [0.15, 0.2) is 47.7 Å². The van der Waals surface area contributed by atoms with Gasteiger partial charge in [-0.1, -0.05) is 24.3 Å². The molecule has 9 heteroatoms. The molecule has 1 saturated heterocycles. The Hall–Kier alpha value is -2.43. The molecule has 4 rings (SSSR count). The summed E-state index contributed by atoms with van der Waals surface area (Å²) in [4.78, 5) is 31.5. The standard InChI is InChI=1S/C20H25N7O.HI/c21-19(25-10-12-26(13-11-25)20-22-7-3-8-23-20)24-14-18(28)27-9-6-16-4-1-2-5-17(16)15-27;/h1-5,7-8H,6,9-15H2,(H2,21,24);1H. The lowest BCUT2D eigenvalue weighted by Crippen LogP contribution is -2.51. The molecule has 2 aromatic rings. The lowest BCUT2D eigenvalue weighted by molar-refractivity contribution is -0.130. The molecule has 29 heavy (non-hydrogen) atoms. The average Bonchev–Trinajstić information content (AvgIpc) is 2.77. The van der Waals surface area contributed by atoms with Crippen LogP contribution >= 0.6 is 24.0 Å². The van der Waals surface area contributed by atoms with E-state index in [4.69, 9.17) is 5.73 Å². The van der Waals surface area contributed by atoms with Crippen molar-refractivity contribution < 1.29 is 4.79 Å². The van der Waals surface area contributed by atoms with Crippen molar-refractivity contribution in [3.05, 3.63) is 53.9 Å². The van der Waals surface area contributed by atoms with Crippen LogP contribution in [-0.2, 0) is 17.8 Å². The number of aliphatic imine (C=N–C) groups is 1. The van der Waals surface area contributed by atoms with Crippen LogP contribution in [0.3, 0.4) is 0 Å². The summed E-state index contributed by atoms with van der Waals surface area (Å²) in [6.45, 7) is 4.50. The zero-order valence-corrected chi connectivity index (χ0v) is 18.6. The highest BCUT2D eigenvalue weighted by atomic mass is 127. The Morgan fingerprint density at radius 1 is 0.966 bits per heavy atom. The van der Waals surface area contributed by atoms with Gasteiger partial charge in [-0.3, -0.25) is 4.79 Å². The fourth-order valence-electron chi connectivity index (χ4n) is 3.65. The molecule has 2 N–H and O–H groups in total. The average molecular weight is 507 g/mol. The Balaban J connectivity index is 0.00000240. The van der Waals surface area contributed by atoms with Crippen LogP contribution in [0, 0.1) is 0 Å². The van der Waals surface area contributed by atoms with E-state index >= 15 is 0 Å². The van der Waals surface area contributed by atoms with Gasteiger partial charge in [0.25, 0.3) is 0 Å². The molecule has 1 amide bonds. The number of hydrogen-bond donors (Lipinski definition) is 1. The van der Waals surface area contributed by atoms with E-state index in [1.807, 2.05) is 28.0 Å². The number of rotatable bonds is 3. The Labute approximate surface area is 187 Å². The van der Waals surface area contributed by atoms with Crippen LogP contribution < -0.4 is 10.6 Å². The molecule has 1 aromatic heterocycles. The van der Waals surface area contributed by atoms with Crippen molar-refractivity contribution in [2.24, 2.45) is 10.7 Å². The first-order valence-electron chi connectivity index (χ1n) is 9.62. The summed E-state index contributed by atoms with van der Waals surface area (Å²) in [5, 5.41) is 0. The van der Waals surface area contributed by atoms with Gasteiger partial charge >= 0.3 is 0 Å². The summed E-state index contributed by atoms with van der Waals surface area (Å²) in [5.41, 5.74) is 8.69. The fraction of sp³-hybridized carbons (Fsp3) is 0.400. The van der Waals surface area contributed by atoms with Gasteiger partial charge in [0.15, 0.2) is 5.96 Å². The van der Waals surface area contributed by atoms with Crippen LogP contribution in [-0.4, -0.2) is 70.9 Å². The van der Waals surface area contributed by atoms with Gasteiger partial charge in [-0.25, -0.2) is 15.0 Å². The van der Waals surface area contributed by atoms with Gasteiger partial charge in [-0.05, 0) is 23.6 Å². The summed E-state index contributed by atoms with van der Waals surface area (Å²) in [6.07, 6.45) is 4.38. The summed E-state index contributed by atoms with van der Waals surface area (Å²) in [6, 6.07) is 10.1. The topological polar surface area (TPSA) is 91.0 Å². The lowest BCUT2D eigenvalue weighted by atomic mass is 10.00. The molecule has 0 radical (unpaired) electrons. The number of piperazine rings is 1. The molecule has 2 aliphatic heterocycles. The molecule has 0 saturated carbocycles. The van der Waals surface area contributed by atoms with E-state index in [1.54, 1.807) is 12.4 Å². The highest BCUT2D eigenvalue weighted by Crippen LogP contribution is 2.18. The molecule has 1 aromatic carbocycles. The molecule has 0 bridgehead atoms. The summed E-state index contributed by atoms with van der Waals surface area (Å²) < 4.78 is 0. The number of amides is 1. The molecule has 3 heterocycles. The fourth-order valence-corrected chi connectivity index (χ4v) is 3.65. The number of carbonyl (C=O) groups excluding carboxylic acids is 1. The van der Waals surface area contributed by atoms with Crippen LogP contribution in [0.2, 0.25) is 0 Å². The van der Waals surface area contributed by atoms with Crippen LogP contribution in [0.4, 0.5) is 5.95 Å². The summed E-state index contributed by atoms with van der Waals surface area (Å²) in [5.74, 6) is 1.19. The van der Waals surface area contributed by atoms with Gasteiger partial charge in [0.1, 0.15) is 6.54 Å². The second-order valence-corrected chi connectivity index (χ2v) is 7.03. The van der Waals surface area contributed by atoms with E-state index in [2.05, 4.69) is 32.0 Å². The zero-order chi connectivity index (χ0) is 19.3. The van der Waals surface area contributed by atoms with Crippen molar-refractivity contribution >= 4 is 41.8 Å². The largest absolute Gasteiger partial charge is 0.370 e. The second-order valence-electron chi connectivity index (χ2n) is 7.03. The maximum atomic E-state index is 12.6. The third-order valence-electron chi connectivity index (χ3n) is 5.30. The second kappa shape index (κ2) is 9.86. The number of guanidine groups is 1. The first-order chi connectivity index (χ1) is 13.7. The van der Waals surface area contributed by atoms with E-state index in [9.17, 15) is 4.79 Å². The van der Waals surface area contributed by atoms with Crippen molar-refractivity contribution in [3.63, 3.8) is 0 Å². The Kier molecular flexibility index (Phi) is 7.24. The number of halogens is 1. The Morgan fingerprint density at radius 2 is 1.66 bits per heavy atom. The molecule has 154 valence electrons. The Bertz CT molecular complexity index is 853. The smallest absolute Gasteiger partial charge is 0.244 e. The van der Waals surface area contributed by atoms with Gasteiger partial charge < -0.3 is 20.4 Å². The minimum absolute atomic E-state index is 0. The van der Waals surface area contributed by atoms with E-state index < -0.39 is 0 Å².